The summed E-state index contributed by atoms with van der Waals surface area (Å²) in [6.45, 7) is 14.3. The van der Waals surface area contributed by atoms with E-state index in [1.165, 1.54) is 0 Å². The normalized spacial score (nSPS) is 14.4. The van der Waals surface area contributed by atoms with E-state index in [0.717, 1.165) is 12.0 Å². The second-order valence-corrected chi connectivity index (χ2v) is 6.13. The molecule has 0 saturated heterocycles. The van der Waals surface area contributed by atoms with Gasteiger partial charge in [-0.1, -0.05) is 47.6 Å². The molecule has 82 valence electrons. The van der Waals surface area contributed by atoms with Gasteiger partial charge in [0.15, 0.2) is 5.78 Å². The first kappa shape index (κ1) is 13.4. The van der Waals surface area contributed by atoms with Crippen molar-refractivity contribution in [1.82, 2.24) is 0 Å². The van der Waals surface area contributed by atoms with E-state index < -0.39 is 0 Å². The molecule has 14 heavy (non-hydrogen) atoms. The maximum Gasteiger partial charge on any atom is 0.163 e. The quantitative estimate of drug-likeness (QED) is 0.610. The Hall–Kier alpha value is -0.590. The van der Waals surface area contributed by atoms with Crippen molar-refractivity contribution in [2.75, 3.05) is 0 Å². The Morgan fingerprint density at radius 1 is 1.07 bits per heavy atom. The molecule has 0 atom stereocenters. The maximum atomic E-state index is 12.0. The summed E-state index contributed by atoms with van der Waals surface area (Å²) < 4.78 is 0. The molecule has 0 bridgehead atoms. The Bertz CT molecular complexity index is 233. The van der Waals surface area contributed by atoms with Gasteiger partial charge in [0.2, 0.25) is 0 Å². The molecular formula is C13H24O. The lowest BCUT2D eigenvalue weighted by Crippen LogP contribution is -2.24. The summed E-state index contributed by atoms with van der Waals surface area (Å²) in [5, 5.41) is 0. The summed E-state index contributed by atoms with van der Waals surface area (Å²) in [6.07, 6.45) is 2.82. The van der Waals surface area contributed by atoms with E-state index in [4.69, 9.17) is 0 Å². The highest BCUT2D eigenvalue weighted by molar-refractivity contribution is 5.99. The molecule has 0 saturated carbocycles. The first-order valence-corrected chi connectivity index (χ1v) is 5.28. The largest absolute Gasteiger partial charge is 0.294 e. The van der Waals surface area contributed by atoms with E-state index >= 15 is 0 Å². The van der Waals surface area contributed by atoms with Crippen molar-refractivity contribution in [3.05, 3.63) is 11.6 Å². The van der Waals surface area contributed by atoms with Crippen molar-refractivity contribution >= 4 is 5.78 Å². The predicted octanol–water partition coefficient (Wildman–Crippen LogP) is 3.98. The van der Waals surface area contributed by atoms with E-state index in [-0.39, 0.29) is 16.6 Å². The van der Waals surface area contributed by atoms with E-state index in [1.54, 1.807) is 0 Å². The fourth-order valence-corrected chi connectivity index (χ4v) is 1.37. The Labute approximate surface area is 88.6 Å². The van der Waals surface area contributed by atoms with Crippen LogP contribution < -0.4 is 0 Å². The third kappa shape index (κ3) is 4.59. The number of hydrogen-bond donors (Lipinski definition) is 0. The van der Waals surface area contributed by atoms with E-state index in [9.17, 15) is 4.79 Å². The SMILES string of the molecule is C/C=C(/CC(C)(C)C)C(=O)C(C)(C)C. The molecule has 0 heterocycles. The molecular weight excluding hydrogens is 172 g/mol. The second-order valence-electron chi connectivity index (χ2n) is 6.13. The van der Waals surface area contributed by atoms with Crippen LogP contribution in [0.1, 0.15) is 54.9 Å². The maximum absolute atomic E-state index is 12.0. The van der Waals surface area contributed by atoms with Gasteiger partial charge in [-0.2, -0.15) is 0 Å². The van der Waals surface area contributed by atoms with Crippen LogP contribution >= 0.6 is 0 Å². The Balaban J connectivity index is 4.71. The van der Waals surface area contributed by atoms with Crippen LogP contribution in [0.25, 0.3) is 0 Å². The van der Waals surface area contributed by atoms with Crippen LogP contribution in [-0.4, -0.2) is 5.78 Å². The number of carbonyl (C=O) groups excluding carboxylic acids is 1. The standard InChI is InChI=1S/C13H24O/c1-8-10(9-12(2,3)4)11(14)13(5,6)7/h8H,9H2,1-7H3/b10-8-. The average Bonchev–Trinajstić information content (AvgIpc) is 1.95. The van der Waals surface area contributed by atoms with Gasteiger partial charge in [0.25, 0.3) is 0 Å². The Morgan fingerprint density at radius 2 is 1.50 bits per heavy atom. The molecule has 0 fully saturated rings. The van der Waals surface area contributed by atoms with Gasteiger partial charge < -0.3 is 0 Å². The van der Waals surface area contributed by atoms with Gasteiger partial charge in [-0.25, -0.2) is 0 Å². The molecule has 0 unspecified atom stereocenters. The van der Waals surface area contributed by atoms with Crippen molar-refractivity contribution in [3.63, 3.8) is 0 Å². The number of allylic oxidation sites excluding steroid dienone is 2. The highest BCUT2D eigenvalue weighted by Gasteiger charge is 2.26. The summed E-state index contributed by atoms with van der Waals surface area (Å²) in [7, 11) is 0. The molecule has 0 rings (SSSR count). The monoisotopic (exact) mass is 196 g/mol. The lowest BCUT2D eigenvalue weighted by Gasteiger charge is -2.24. The molecule has 0 spiro atoms. The third-order valence-corrected chi connectivity index (χ3v) is 2.04. The van der Waals surface area contributed by atoms with Crippen LogP contribution in [0, 0.1) is 10.8 Å². The first-order valence-electron chi connectivity index (χ1n) is 5.28. The number of Topliss-reactive ketones (excluding diaryl/α,β-unsaturated/α-hetero) is 1. The highest BCUT2D eigenvalue weighted by atomic mass is 16.1. The van der Waals surface area contributed by atoms with E-state index in [1.807, 2.05) is 33.8 Å². The Kier molecular flexibility index (Phi) is 4.11. The zero-order valence-corrected chi connectivity index (χ0v) is 10.7. The molecule has 0 aliphatic heterocycles. The van der Waals surface area contributed by atoms with Crippen LogP contribution in [-0.2, 0) is 4.79 Å². The topological polar surface area (TPSA) is 17.1 Å². The number of hydrogen-bond acceptors (Lipinski definition) is 1. The molecule has 0 aromatic rings. The highest BCUT2D eigenvalue weighted by Crippen LogP contribution is 2.29. The van der Waals surface area contributed by atoms with Crippen LogP contribution in [0.3, 0.4) is 0 Å². The number of carbonyl (C=O) groups is 1. The van der Waals surface area contributed by atoms with Gasteiger partial charge in [0.1, 0.15) is 0 Å². The van der Waals surface area contributed by atoms with Crippen LogP contribution in [0.15, 0.2) is 11.6 Å². The molecule has 1 heteroatoms. The zero-order valence-electron chi connectivity index (χ0n) is 10.7. The lowest BCUT2D eigenvalue weighted by atomic mass is 9.79. The van der Waals surface area contributed by atoms with Crippen molar-refractivity contribution in [1.29, 1.82) is 0 Å². The van der Waals surface area contributed by atoms with Gasteiger partial charge in [0, 0.05) is 5.41 Å². The van der Waals surface area contributed by atoms with Crippen molar-refractivity contribution < 1.29 is 4.79 Å². The molecule has 0 N–H and O–H groups in total. The van der Waals surface area contributed by atoms with Gasteiger partial charge in [0.05, 0.1) is 0 Å². The van der Waals surface area contributed by atoms with Crippen molar-refractivity contribution in [2.24, 2.45) is 10.8 Å². The smallest absolute Gasteiger partial charge is 0.163 e. The number of ketones is 1. The summed E-state index contributed by atoms with van der Waals surface area (Å²) in [5.74, 6) is 0.273. The summed E-state index contributed by atoms with van der Waals surface area (Å²) >= 11 is 0. The first-order chi connectivity index (χ1) is 6.08. The molecule has 0 aromatic carbocycles. The Morgan fingerprint density at radius 3 is 1.71 bits per heavy atom. The molecule has 0 aliphatic rings. The fraction of sp³-hybridized carbons (Fsp3) is 0.769. The van der Waals surface area contributed by atoms with Crippen LogP contribution in [0.4, 0.5) is 0 Å². The summed E-state index contributed by atoms with van der Waals surface area (Å²) in [5.41, 5.74) is 0.889. The van der Waals surface area contributed by atoms with Gasteiger partial charge in [-0.3, -0.25) is 4.79 Å². The molecule has 0 amide bonds. The van der Waals surface area contributed by atoms with Gasteiger partial charge >= 0.3 is 0 Å². The number of rotatable bonds is 2. The van der Waals surface area contributed by atoms with Crippen molar-refractivity contribution in [3.8, 4) is 0 Å². The average molecular weight is 196 g/mol. The molecule has 1 nitrogen and oxygen atoms in total. The molecule has 0 aromatic heterocycles. The van der Waals surface area contributed by atoms with E-state index in [2.05, 4.69) is 20.8 Å². The third-order valence-electron chi connectivity index (χ3n) is 2.04. The second kappa shape index (κ2) is 4.29. The minimum atomic E-state index is -0.257. The van der Waals surface area contributed by atoms with Crippen molar-refractivity contribution in [2.45, 2.75) is 54.9 Å². The minimum absolute atomic E-state index is 0.183. The van der Waals surface area contributed by atoms with E-state index in [0.29, 0.717) is 0 Å². The summed E-state index contributed by atoms with van der Waals surface area (Å²) in [6, 6.07) is 0. The fourth-order valence-electron chi connectivity index (χ4n) is 1.37. The lowest BCUT2D eigenvalue weighted by molar-refractivity contribution is -0.122. The summed E-state index contributed by atoms with van der Waals surface area (Å²) in [4.78, 5) is 12.0. The molecule has 0 aliphatic carbocycles. The minimum Gasteiger partial charge on any atom is -0.294 e. The predicted molar refractivity (Wildman–Crippen MR) is 62.3 cm³/mol. The zero-order chi connectivity index (χ0) is 11.6. The molecule has 0 radical (unpaired) electrons. The van der Waals surface area contributed by atoms with Crippen LogP contribution in [0.2, 0.25) is 0 Å². The van der Waals surface area contributed by atoms with Crippen LogP contribution in [0.5, 0.6) is 0 Å². The van der Waals surface area contributed by atoms with Gasteiger partial charge in [-0.15, -0.1) is 0 Å². The van der Waals surface area contributed by atoms with Gasteiger partial charge in [-0.05, 0) is 24.3 Å².